The Morgan fingerprint density at radius 3 is 2.88 bits per heavy atom. The molecule has 1 saturated heterocycles. The Labute approximate surface area is 202 Å². The number of carbonyl (C=O) groups is 1. The van der Waals surface area contributed by atoms with Gasteiger partial charge in [-0.3, -0.25) is 14.7 Å². The standard InChI is InChI=1S/C28H37N3O3/c32-28(33)27(24-9-4-3-8-23(24)20-11-12-20)31-17-15-22(19-31)34-18-5-1-2-7-21-13-14-25-26(30-21)10-6-16-29-25/h3-4,8-9,13-14,20,22,27,29H,1-2,5-7,10-12,15-19H2,(H,32,33)/t22-,27?/m1/s1. The number of nitrogens with zero attached hydrogens (tertiary/aromatic N) is 2. The lowest BCUT2D eigenvalue weighted by atomic mass is 9.96. The number of aryl methyl sites for hydroxylation is 2. The number of benzene rings is 1. The van der Waals surface area contributed by atoms with Crippen molar-refractivity contribution in [3.8, 4) is 0 Å². The zero-order valence-electron chi connectivity index (χ0n) is 20.0. The number of rotatable bonds is 11. The highest BCUT2D eigenvalue weighted by atomic mass is 16.5. The van der Waals surface area contributed by atoms with Crippen LogP contribution in [0.3, 0.4) is 0 Å². The Balaban J connectivity index is 1.05. The fourth-order valence-electron chi connectivity index (χ4n) is 5.49. The van der Waals surface area contributed by atoms with Gasteiger partial charge in [0.05, 0.1) is 17.5 Å². The van der Waals surface area contributed by atoms with E-state index >= 15 is 0 Å². The first-order valence-corrected chi connectivity index (χ1v) is 13.1. The summed E-state index contributed by atoms with van der Waals surface area (Å²) in [6.45, 7) is 3.27. The zero-order chi connectivity index (χ0) is 23.3. The molecule has 1 saturated carbocycles. The number of ether oxygens (including phenoxy) is 1. The number of carboxylic acids is 1. The number of fused-ring (bicyclic) bond motifs is 1. The summed E-state index contributed by atoms with van der Waals surface area (Å²) >= 11 is 0. The fraction of sp³-hybridized carbons (Fsp3) is 0.571. The van der Waals surface area contributed by atoms with E-state index in [1.807, 2.05) is 18.2 Å². The van der Waals surface area contributed by atoms with Gasteiger partial charge in [0.2, 0.25) is 0 Å². The predicted octanol–water partition coefficient (Wildman–Crippen LogP) is 4.95. The molecular weight excluding hydrogens is 426 g/mol. The number of aliphatic carboxylic acids is 1. The second kappa shape index (κ2) is 10.9. The molecule has 1 unspecified atom stereocenters. The van der Waals surface area contributed by atoms with Gasteiger partial charge >= 0.3 is 5.97 Å². The van der Waals surface area contributed by atoms with Gasteiger partial charge in [-0.15, -0.1) is 0 Å². The topological polar surface area (TPSA) is 74.7 Å². The summed E-state index contributed by atoms with van der Waals surface area (Å²) in [7, 11) is 0. The Morgan fingerprint density at radius 2 is 2.03 bits per heavy atom. The van der Waals surface area contributed by atoms with Crippen LogP contribution in [0.4, 0.5) is 5.69 Å². The van der Waals surface area contributed by atoms with Gasteiger partial charge in [0.1, 0.15) is 6.04 Å². The number of anilines is 1. The van der Waals surface area contributed by atoms with E-state index in [-0.39, 0.29) is 6.10 Å². The third-order valence-electron chi connectivity index (χ3n) is 7.45. The second-order valence-corrected chi connectivity index (χ2v) is 10.1. The Morgan fingerprint density at radius 1 is 1.15 bits per heavy atom. The summed E-state index contributed by atoms with van der Waals surface area (Å²) in [4.78, 5) is 19.2. The van der Waals surface area contributed by atoms with Crippen molar-refractivity contribution in [3.05, 3.63) is 58.9 Å². The first kappa shape index (κ1) is 23.3. The van der Waals surface area contributed by atoms with Crippen LogP contribution in [0.5, 0.6) is 0 Å². The number of hydrogen-bond donors (Lipinski definition) is 2. The van der Waals surface area contributed by atoms with Crippen molar-refractivity contribution in [1.29, 1.82) is 0 Å². The van der Waals surface area contributed by atoms with Crippen molar-refractivity contribution < 1.29 is 14.6 Å². The number of aromatic nitrogens is 1. The van der Waals surface area contributed by atoms with Gasteiger partial charge in [-0.1, -0.05) is 30.7 Å². The van der Waals surface area contributed by atoms with Crippen LogP contribution in [0, 0.1) is 0 Å². The van der Waals surface area contributed by atoms with Crippen LogP contribution in [0.25, 0.3) is 0 Å². The van der Waals surface area contributed by atoms with Crippen molar-refractivity contribution in [2.75, 3.05) is 31.6 Å². The smallest absolute Gasteiger partial charge is 0.325 e. The molecule has 34 heavy (non-hydrogen) atoms. The van der Waals surface area contributed by atoms with Crippen LogP contribution in [-0.2, 0) is 22.4 Å². The monoisotopic (exact) mass is 463 g/mol. The lowest BCUT2D eigenvalue weighted by Crippen LogP contribution is -2.34. The molecule has 182 valence electrons. The molecule has 2 atom stereocenters. The van der Waals surface area contributed by atoms with Crippen LogP contribution in [0.1, 0.15) is 79.4 Å². The summed E-state index contributed by atoms with van der Waals surface area (Å²) in [5, 5.41) is 13.5. The van der Waals surface area contributed by atoms with E-state index in [1.54, 1.807) is 0 Å². The number of hydrogen-bond acceptors (Lipinski definition) is 5. The maximum absolute atomic E-state index is 12.2. The normalized spacial score (nSPS) is 21.1. The number of unbranched alkanes of at least 4 members (excludes halogenated alkanes) is 2. The quantitative estimate of drug-likeness (QED) is 0.460. The molecule has 2 fully saturated rings. The highest BCUT2D eigenvalue weighted by molar-refractivity contribution is 5.76. The molecule has 5 rings (SSSR count). The largest absolute Gasteiger partial charge is 0.480 e. The molecule has 0 bridgehead atoms. The van der Waals surface area contributed by atoms with E-state index in [0.717, 1.165) is 63.8 Å². The van der Waals surface area contributed by atoms with Crippen molar-refractivity contribution in [3.63, 3.8) is 0 Å². The summed E-state index contributed by atoms with van der Waals surface area (Å²) in [6.07, 6.45) is 9.94. The predicted molar refractivity (Wildman–Crippen MR) is 133 cm³/mol. The molecule has 6 heteroatoms. The van der Waals surface area contributed by atoms with Crippen LogP contribution < -0.4 is 5.32 Å². The maximum Gasteiger partial charge on any atom is 0.325 e. The molecule has 3 aliphatic rings. The maximum atomic E-state index is 12.2. The van der Waals surface area contributed by atoms with E-state index in [9.17, 15) is 9.90 Å². The summed E-state index contributed by atoms with van der Waals surface area (Å²) in [5.41, 5.74) is 5.82. The Bertz CT molecular complexity index is 991. The molecule has 0 amide bonds. The van der Waals surface area contributed by atoms with Crippen molar-refractivity contribution in [2.24, 2.45) is 0 Å². The highest BCUT2D eigenvalue weighted by Gasteiger charge is 2.37. The van der Waals surface area contributed by atoms with Crippen molar-refractivity contribution >= 4 is 11.7 Å². The van der Waals surface area contributed by atoms with Crippen LogP contribution >= 0.6 is 0 Å². The van der Waals surface area contributed by atoms with E-state index in [4.69, 9.17) is 9.72 Å². The van der Waals surface area contributed by atoms with E-state index in [0.29, 0.717) is 12.5 Å². The van der Waals surface area contributed by atoms with Gasteiger partial charge in [-0.25, -0.2) is 0 Å². The van der Waals surface area contributed by atoms with E-state index in [2.05, 4.69) is 28.4 Å². The second-order valence-electron chi connectivity index (χ2n) is 10.1. The summed E-state index contributed by atoms with van der Waals surface area (Å²) in [6, 6.07) is 11.9. The SMILES string of the molecule is O=C(O)C(c1ccccc1C1CC1)N1CC[C@@H](OCCCCCc2ccc3c(n2)CCCN3)C1. The summed E-state index contributed by atoms with van der Waals surface area (Å²) < 4.78 is 6.16. The third kappa shape index (κ3) is 5.61. The zero-order valence-corrected chi connectivity index (χ0v) is 20.0. The molecule has 2 aromatic rings. The summed E-state index contributed by atoms with van der Waals surface area (Å²) in [5.74, 6) is -0.207. The minimum absolute atomic E-state index is 0.129. The molecular formula is C28H37N3O3. The van der Waals surface area contributed by atoms with Crippen molar-refractivity contribution in [2.45, 2.75) is 75.9 Å². The molecule has 0 radical (unpaired) electrons. The molecule has 2 N–H and O–H groups in total. The number of pyridine rings is 1. The average molecular weight is 464 g/mol. The highest BCUT2D eigenvalue weighted by Crippen LogP contribution is 2.44. The Kier molecular flexibility index (Phi) is 7.45. The van der Waals surface area contributed by atoms with Gasteiger partial charge in [-0.2, -0.15) is 0 Å². The lowest BCUT2D eigenvalue weighted by molar-refractivity contribution is -0.143. The number of nitrogens with one attached hydrogen (secondary N) is 1. The van der Waals surface area contributed by atoms with Gasteiger partial charge in [0.15, 0.2) is 0 Å². The number of likely N-dealkylation sites (tertiary alicyclic amines) is 1. The van der Waals surface area contributed by atoms with Gasteiger partial charge < -0.3 is 15.2 Å². The van der Waals surface area contributed by atoms with E-state index in [1.165, 1.54) is 41.9 Å². The molecule has 1 aromatic carbocycles. The average Bonchev–Trinajstić information content (AvgIpc) is 3.60. The molecule has 1 aliphatic carbocycles. The molecule has 6 nitrogen and oxygen atoms in total. The fourth-order valence-corrected chi connectivity index (χ4v) is 5.49. The van der Waals surface area contributed by atoms with Crippen LogP contribution in [0.15, 0.2) is 36.4 Å². The first-order chi connectivity index (χ1) is 16.7. The van der Waals surface area contributed by atoms with Crippen molar-refractivity contribution in [1.82, 2.24) is 9.88 Å². The van der Waals surface area contributed by atoms with Crippen LogP contribution in [0.2, 0.25) is 0 Å². The molecule has 2 aliphatic heterocycles. The number of carboxylic acid groups (broad SMARTS) is 1. The van der Waals surface area contributed by atoms with Crippen LogP contribution in [-0.4, -0.2) is 53.3 Å². The minimum atomic E-state index is -0.750. The van der Waals surface area contributed by atoms with E-state index < -0.39 is 12.0 Å². The molecule has 3 heterocycles. The Hall–Kier alpha value is -2.44. The van der Waals surface area contributed by atoms with Gasteiger partial charge in [0, 0.05) is 31.9 Å². The third-order valence-corrected chi connectivity index (χ3v) is 7.45. The lowest BCUT2D eigenvalue weighted by Gasteiger charge is -2.26. The molecule has 1 aromatic heterocycles. The molecule has 0 spiro atoms. The minimum Gasteiger partial charge on any atom is -0.480 e. The van der Waals surface area contributed by atoms with Gasteiger partial charge in [0.25, 0.3) is 0 Å². The van der Waals surface area contributed by atoms with Gasteiger partial charge in [-0.05, 0) is 80.5 Å². The first-order valence-electron chi connectivity index (χ1n) is 13.1.